The summed E-state index contributed by atoms with van der Waals surface area (Å²) in [5.41, 5.74) is 1.09. The quantitative estimate of drug-likeness (QED) is 0.632. The van der Waals surface area contributed by atoms with Crippen molar-refractivity contribution in [3.8, 4) is 0 Å². The summed E-state index contributed by atoms with van der Waals surface area (Å²) in [4.78, 5) is 25.2. The average Bonchev–Trinajstić information content (AvgIpc) is 2.50. The van der Waals surface area contributed by atoms with E-state index in [1.165, 1.54) is 4.90 Å². The molecule has 0 N–H and O–H groups in total. The molecule has 3 nitrogen and oxygen atoms in total. The number of hydrogen-bond acceptors (Lipinski definition) is 2. The minimum absolute atomic E-state index is 0.146. The first kappa shape index (κ1) is 11.6. The maximum atomic E-state index is 12.0. The SMILES string of the molecule is CCCCN1C(=O)c2ccc(I)cc2C1=O. The zero-order valence-electron chi connectivity index (χ0n) is 9.00. The highest BCUT2D eigenvalue weighted by molar-refractivity contribution is 14.1. The maximum Gasteiger partial charge on any atom is 0.261 e. The lowest BCUT2D eigenvalue weighted by molar-refractivity contribution is 0.0652. The summed E-state index contributed by atoms with van der Waals surface area (Å²) in [6, 6.07) is 5.37. The van der Waals surface area contributed by atoms with Crippen molar-refractivity contribution < 1.29 is 9.59 Å². The highest BCUT2D eigenvalue weighted by Gasteiger charge is 2.34. The average molecular weight is 329 g/mol. The molecule has 0 aliphatic carbocycles. The number of imide groups is 1. The minimum atomic E-state index is -0.148. The van der Waals surface area contributed by atoms with Gasteiger partial charge in [-0.1, -0.05) is 13.3 Å². The molecule has 0 unspecified atom stereocenters. The van der Waals surface area contributed by atoms with Gasteiger partial charge < -0.3 is 0 Å². The largest absolute Gasteiger partial charge is 0.274 e. The molecule has 2 rings (SSSR count). The van der Waals surface area contributed by atoms with Crippen molar-refractivity contribution in [1.29, 1.82) is 0 Å². The van der Waals surface area contributed by atoms with Gasteiger partial charge in [0.2, 0.25) is 0 Å². The molecule has 0 spiro atoms. The number of carbonyl (C=O) groups is 2. The van der Waals surface area contributed by atoms with Gasteiger partial charge in [0.05, 0.1) is 11.1 Å². The smallest absolute Gasteiger partial charge is 0.261 e. The van der Waals surface area contributed by atoms with Gasteiger partial charge in [0.15, 0.2) is 0 Å². The van der Waals surface area contributed by atoms with Gasteiger partial charge in [0, 0.05) is 10.1 Å². The van der Waals surface area contributed by atoms with Crippen molar-refractivity contribution in [3.63, 3.8) is 0 Å². The Kier molecular flexibility index (Phi) is 3.28. The molecular weight excluding hydrogens is 317 g/mol. The van der Waals surface area contributed by atoms with Crippen LogP contribution in [0.1, 0.15) is 40.5 Å². The standard InChI is InChI=1S/C12H12INO2/c1-2-3-6-14-11(15)9-5-4-8(13)7-10(9)12(14)16/h4-5,7H,2-3,6H2,1H3. The molecule has 0 fully saturated rings. The molecule has 2 amide bonds. The fraction of sp³-hybridized carbons (Fsp3) is 0.333. The van der Waals surface area contributed by atoms with Crippen molar-refractivity contribution in [2.45, 2.75) is 19.8 Å². The van der Waals surface area contributed by atoms with Crippen LogP contribution in [0.5, 0.6) is 0 Å². The van der Waals surface area contributed by atoms with Crippen LogP contribution in [0.15, 0.2) is 18.2 Å². The summed E-state index contributed by atoms with van der Waals surface area (Å²) in [6.45, 7) is 2.57. The number of fused-ring (bicyclic) bond motifs is 1. The van der Waals surface area contributed by atoms with Gasteiger partial charge in [0.25, 0.3) is 11.8 Å². The normalized spacial score (nSPS) is 14.5. The summed E-state index contributed by atoms with van der Waals surface area (Å²) < 4.78 is 0.981. The molecule has 1 aliphatic heterocycles. The molecule has 84 valence electrons. The fourth-order valence-corrected chi connectivity index (χ4v) is 2.27. The van der Waals surface area contributed by atoms with E-state index in [1.54, 1.807) is 12.1 Å². The number of unbranched alkanes of at least 4 members (excludes halogenated alkanes) is 1. The van der Waals surface area contributed by atoms with Crippen molar-refractivity contribution in [1.82, 2.24) is 4.90 Å². The first-order chi connectivity index (χ1) is 7.65. The van der Waals surface area contributed by atoms with Gasteiger partial charge in [-0.3, -0.25) is 14.5 Å². The summed E-state index contributed by atoms with van der Waals surface area (Å²) in [5.74, 6) is -0.295. The third-order valence-electron chi connectivity index (χ3n) is 2.67. The second kappa shape index (κ2) is 4.53. The number of nitrogens with zero attached hydrogens (tertiary/aromatic N) is 1. The Balaban J connectivity index is 2.33. The molecule has 4 heteroatoms. The Morgan fingerprint density at radius 1 is 1.19 bits per heavy atom. The molecular formula is C12H12INO2. The third-order valence-corrected chi connectivity index (χ3v) is 3.34. The van der Waals surface area contributed by atoms with E-state index in [2.05, 4.69) is 22.6 Å². The summed E-state index contributed by atoms with van der Waals surface area (Å²) in [6.07, 6.45) is 1.84. The van der Waals surface area contributed by atoms with Crippen LogP contribution in [0.25, 0.3) is 0 Å². The molecule has 0 aromatic heterocycles. The van der Waals surface area contributed by atoms with Crippen molar-refractivity contribution in [3.05, 3.63) is 32.9 Å². The van der Waals surface area contributed by atoms with E-state index < -0.39 is 0 Å². The highest BCUT2D eigenvalue weighted by atomic mass is 127. The minimum Gasteiger partial charge on any atom is -0.274 e. The Bertz CT molecular complexity index is 456. The topological polar surface area (TPSA) is 37.4 Å². The second-order valence-electron chi connectivity index (χ2n) is 3.81. The van der Waals surface area contributed by atoms with E-state index in [-0.39, 0.29) is 11.8 Å². The van der Waals surface area contributed by atoms with Crippen molar-refractivity contribution in [2.24, 2.45) is 0 Å². The molecule has 1 aliphatic rings. The Labute approximate surface area is 108 Å². The van der Waals surface area contributed by atoms with Crippen LogP contribution in [0.2, 0.25) is 0 Å². The molecule has 1 aromatic rings. The van der Waals surface area contributed by atoms with Crippen molar-refractivity contribution >= 4 is 34.4 Å². The number of rotatable bonds is 3. The first-order valence-corrected chi connectivity index (χ1v) is 6.38. The number of halogens is 1. The summed E-state index contributed by atoms with van der Waals surface area (Å²) in [5, 5.41) is 0. The van der Waals surface area contributed by atoms with Gasteiger partial charge in [-0.05, 0) is 47.2 Å². The van der Waals surface area contributed by atoms with Crippen LogP contribution < -0.4 is 0 Å². The van der Waals surface area contributed by atoms with E-state index in [9.17, 15) is 9.59 Å². The third kappa shape index (κ3) is 1.86. The molecule has 0 saturated carbocycles. The van der Waals surface area contributed by atoms with Crippen LogP contribution >= 0.6 is 22.6 Å². The summed E-state index contributed by atoms with van der Waals surface area (Å²) >= 11 is 2.14. The van der Waals surface area contributed by atoms with Crippen LogP contribution in [0.3, 0.4) is 0 Å². The number of carbonyl (C=O) groups excluding carboxylic acids is 2. The predicted octanol–water partition coefficient (Wildman–Crippen LogP) is 2.69. The molecule has 16 heavy (non-hydrogen) atoms. The van der Waals surface area contributed by atoms with E-state index in [4.69, 9.17) is 0 Å². The second-order valence-corrected chi connectivity index (χ2v) is 5.05. The van der Waals surface area contributed by atoms with Gasteiger partial charge in [0.1, 0.15) is 0 Å². The molecule has 0 atom stereocenters. The summed E-state index contributed by atoms with van der Waals surface area (Å²) in [7, 11) is 0. The lowest BCUT2D eigenvalue weighted by Gasteiger charge is -2.12. The van der Waals surface area contributed by atoms with Gasteiger partial charge in [-0.15, -0.1) is 0 Å². The molecule has 0 bridgehead atoms. The van der Waals surface area contributed by atoms with E-state index in [1.807, 2.05) is 13.0 Å². The predicted molar refractivity (Wildman–Crippen MR) is 69.4 cm³/mol. The van der Waals surface area contributed by atoms with E-state index in [0.717, 1.165) is 16.4 Å². The van der Waals surface area contributed by atoms with Crippen LogP contribution in [-0.4, -0.2) is 23.3 Å². The Morgan fingerprint density at radius 3 is 2.56 bits per heavy atom. The van der Waals surface area contributed by atoms with Crippen LogP contribution in [0, 0.1) is 3.57 Å². The van der Waals surface area contributed by atoms with Gasteiger partial charge in [-0.25, -0.2) is 0 Å². The fourth-order valence-electron chi connectivity index (χ4n) is 1.78. The van der Waals surface area contributed by atoms with E-state index in [0.29, 0.717) is 17.7 Å². The zero-order valence-corrected chi connectivity index (χ0v) is 11.2. The monoisotopic (exact) mass is 329 g/mol. The Hall–Kier alpha value is -0.910. The Morgan fingerprint density at radius 2 is 1.88 bits per heavy atom. The molecule has 0 saturated heterocycles. The van der Waals surface area contributed by atoms with Gasteiger partial charge >= 0.3 is 0 Å². The number of benzene rings is 1. The van der Waals surface area contributed by atoms with Crippen molar-refractivity contribution in [2.75, 3.05) is 6.54 Å². The number of amides is 2. The molecule has 0 radical (unpaired) electrons. The van der Waals surface area contributed by atoms with Gasteiger partial charge in [-0.2, -0.15) is 0 Å². The highest BCUT2D eigenvalue weighted by Crippen LogP contribution is 2.24. The lowest BCUT2D eigenvalue weighted by Crippen LogP contribution is -2.30. The lowest BCUT2D eigenvalue weighted by atomic mass is 10.1. The van der Waals surface area contributed by atoms with Crippen LogP contribution in [0.4, 0.5) is 0 Å². The zero-order chi connectivity index (χ0) is 11.7. The number of hydrogen-bond donors (Lipinski definition) is 0. The maximum absolute atomic E-state index is 12.0. The first-order valence-electron chi connectivity index (χ1n) is 5.31. The van der Waals surface area contributed by atoms with E-state index >= 15 is 0 Å². The van der Waals surface area contributed by atoms with Crippen LogP contribution in [-0.2, 0) is 0 Å². The molecule has 1 aromatic carbocycles. The molecule has 1 heterocycles.